The third-order valence-electron chi connectivity index (χ3n) is 5.33. The normalized spacial score (nSPS) is 28.3. The monoisotopic (exact) mass is 353 g/mol. The van der Waals surface area contributed by atoms with Crippen molar-refractivity contribution < 1.29 is 9.47 Å². The first-order valence-corrected chi connectivity index (χ1v) is 9.28. The first kappa shape index (κ1) is 16.0. The number of nitrogens with zero attached hydrogens (tertiary/aromatic N) is 4. The van der Waals surface area contributed by atoms with E-state index < -0.39 is 0 Å². The van der Waals surface area contributed by atoms with Crippen molar-refractivity contribution in [1.29, 1.82) is 0 Å². The molecule has 1 aromatic heterocycles. The molecule has 1 N–H and O–H groups in total. The number of hydrogen-bond acceptors (Lipinski definition) is 6. The summed E-state index contributed by atoms with van der Waals surface area (Å²) in [5, 5.41) is 8.69. The summed E-state index contributed by atoms with van der Waals surface area (Å²) < 4.78 is 11.6. The van der Waals surface area contributed by atoms with Crippen LogP contribution in [0.15, 0.2) is 28.2 Å². The van der Waals surface area contributed by atoms with Gasteiger partial charge in [0, 0.05) is 24.4 Å². The predicted octanol–water partition coefficient (Wildman–Crippen LogP) is 2.37. The number of nitrogens with one attached hydrogen (secondary N) is 1. The van der Waals surface area contributed by atoms with Crippen LogP contribution >= 0.6 is 0 Å². The number of morpholine rings is 1. The van der Waals surface area contributed by atoms with E-state index in [0.29, 0.717) is 12.1 Å². The zero-order valence-corrected chi connectivity index (χ0v) is 15.1. The van der Waals surface area contributed by atoms with Gasteiger partial charge in [-0.15, -0.1) is 0 Å². The van der Waals surface area contributed by atoms with Gasteiger partial charge in [0.2, 0.25) is 0 Å². The molecule has 3 aliphatic rings. The molecule has 3 atom stereocenters. The lowest BCUT2D eigenvalue weighted by molar-refractivity contribution is 0.0141. The highest BCUT2D eigenvalue weighted by Crippen LogP contribution is 2.32. The Morgan fingerprint density at radius 3 is 3.04 bits per heavy atom. The molecular weight excluding hydrogens is 330 g/mol. The number of likely N-dealkylation sites (tertiary alicyclic amines) is 1. The Kier molecular flexibility index (Phi) is 3.79. The Morgan fingerprint density at radius 1 is 1.35 bits per heavy atom. The molecule has 2 aromatic rings. The molecule has 7 heteroatoms. The Balaban J connectivity index is 1.42. The lowest BCUT2D eigenvalue weighted by Crippen LogP contribution is -2.45. The summed E-state index contributed by atoms with van der Waals surface area (Å²) in [7, 11) is 0. The molecule has 2 saturated heterocycles. The molecule has 2 fully saturated rings. The van der Waals surface area contributed by atoms with Crippen LogP contribution in [0, 0.1) is 0 Å². The lowest BCUT2D eigenvalue weighted by atomic mass is 10.1. The molecule has 1 aromatic carbocycles. The van der Waals surface area contributed by atoms with E-state index in [1.165, 1.54) is 0 Å². The van der Waals surface area contributed by atoms with Crippen molar-refractivity contribution in [2.75, 3.05) is 13.2 Å². The van der Waals surface area contributed by atoms with E-state index in [0.717, 1.165) is 54.1 Å². The highest BCUT2D eigenvalue weighted by atomic mass is 16.5. The molecule has 0 amide bonds. The summed E-state index contributed by atoms with van der Waals surface area (Å²) in [6.45, 7) is 5.85. The molecule has 26 heavy (non-hydrogen) atoms. The Hall–Kier alpha value is -2.25. The van der Waals surface area contributed by atoms with E-state index >= 15 is 0 Å². The maximum atomic E-state index is 5.84. The number of H-pyrrole nitrogens is 1. The van der Waals surface area contributed by atoms with Crippen LogP contribution in [0.4, 0.5) is 0 Å². The van der Waals surface area contributed by atoms with Gasteiger partial charge in [0.15, 0.2) is 0 Å². The molecule has 7 nitrogen and oxygen atoms in total. The summed E-state index contributed by atoms with van der Waals surface area (Å²) in [4.78, 5) is 11.6. The average Bonchev–Trinajstić information content (AvgIpc) is 3.36. The number of benzene rings is 1. The van der Waals surface area contributed by atoms with Crippen LogP contribution in [0.25, 0.3) is 10.9 Å². The van der Waals surface area contributed by atoms with Crippen LogP contribution in [0.2, 0.25) is 0 Å². The van der Waals surface area contributed by atoms with Gasteiger partial charge in [0.25, 0.3) is 0 Å². The molecule has 5 rings (SSSR count). The summed E-state index contributed by atoms with van der Waals surface area (Å²) in [6.07, 6.45) is 4.22. The van der Waals surface area contributed by atoms with Gasteiger partial charge in [-0.3, -0.25) is 15.0 Å². The van der Waals surface area contributed by atoms with Gasteiger partial charge in [-0.1, -0.05) is 0 Å². The maximum absolute atomic E-state index is 5.84. The third kappa shape index (κ3) is 2.71. The quantitative estimate of drug-likeness (QED) is 0.916. The fourth-order valence-electron chi connectivity index (χ4n) is 4.17. The van der Waals surface area contributed by atoms with Crippen molar-refractivity contribution in [1.82, 2.24) is 15.1 Å². The molecule has 0 aliphatic carbocycles. The topological polar surface area (TPSA) is 75.1 Å². The first-order valence-electron chi connectivity index (χ1n) is 9.28. The lowest BCUT2D eigenvalue weighted by Gasteiger charge is -2.33. The fraction of sp³-hybridized carbons (Fsp3) is 0.526. The van der Waals surface area contributed by atoms with Crippen LogP contribution in [-0.2, 0) is 4.74 Å². The molecule has 2 unspecified atom stereocenters. The van der Waals surface area contributed by atoms with Crippen molar-refractivity contribution in [2.24, 2.45) is 9.98 Å². The van der Waals surface area contributed by atoms with Gasteiger partial charge >= 0.3 is 0 Å². The molecule has 3 aliphatic heterocycles. The van der Waals surface area contributed by atoms with E-state index in [4.69, 9.17) is 9.47 Å². The van der Waals surface area contributed by atoms with E-state index in [1.54, 1.807) is 6.34 Å². The minimum Gasteiger partial charge on any atom is -0.491 e. The number of aromatic amines is 1. The Labute approximate surface area is 152 Å². The number of rotatable bonds is 4. The second-order valence-corrected chi connectivity index (χ2v) is 7.51. The van der Waals surface area contributed by atoms with Gasteiger partial charge < -0.3 is 9.47 Å². The van der Waals surface area contributed by atoms with Crippen LogP contribution < -0.4 is 4.74 Å². The molecule has 4 heterocycles. The van der Waals surface area contributed by atoms with Crippen molar-refractivity contribution in [2.45, 2.75) is 51.1 Å². The molecule has 0 saturated carbocycles. The van der Waals surface area contributed by atoms with E-state index in [1.807, 2.05) is 32.0 Å². The minimum absolute atomic E-state index is 0.128. The van der Waals surface area contributed by atoms with Crippen LogP contribution in [-0.4, -0.2) is 64.7 Å². The Morgan fingerprint density at radius 2 is 2.27 bits per heavy atom. The van der Waals surface area contributed by atoms with Crippen molar-refractivity contribution in [3.05, 3.63) is 23.9 Å². The fourth-order valence-corrected chi connectivity index (χ4v) is 4.17. The van der Waals surface area contributed by atoms with Crippen molar-refractivity contribution >= 4 is 23.0 Å². The molecule has 136 valence electrons. The first-order chi connectivity index (χ1) is 12.7. The van der Waals surface area contributed by atoms with Crippen molar-refractivity contribution in [3.63, 3.8) is 0 Å². The SMILES string of the molecule is CC(C)Oc1ccc2[nH]nc(C3=NC=NC(N4C[C@@H]5CC4CO5)C3)c2c1. The summed E-state index contributed by atoms with van der Waals surface area (Å²) >= 11 is 0. The van der Waals surface area contributed by atoms with Crippen LogP contribution in [0.3, 0.4) is 0 Å². The van der Waals surface area contributed by atoms with Crippen LogP contribution in [0.5, 0.6) is 5.75 Å². The van der Waals surface area contributed by atoms with E-state index in [2.05, 4.69) is 25.1 Å². The number of hydrogen-bond donors (Lipinski definition) is 1. The van der Waals surface area contributed by atoms with Crippen LogP contribution in [0.1, 0.15) is 32.4 Å². The molecule has 0 spiro atoms. The summed E-state index contributed by atoms with van der Waals surface area (Å²) in [6, 6.07) is 6.51. The van der Waals surface area contributed by atoms with Gasteiger partial charge in [-0.25, -0.2) is 4.99 Å². The molecular formula is C19H23N5O2. The summed E-state index contributed by atoms with van der Waals surface area (Å²) in [5.74, 6) is 0.853. The van der Waals surface area contributed by atoms with E-state index in [9.17, 15) is 0 Å². The third-order valence-corrected chi connectivity index (χ3v) is 5.33. The van der Waals surface area contributed by atoms with Gasteiger partial charge in [0.1, 0.15) is 23.9 Å². The average molecular weight is 353 g/mol. The molecule has 0 radical (unpaired) electrons. The zero-order valence-electron chi connectivity index (χ0n) is 15.1. The number of aliphatic imine (C=N–C) groups is 2. The molecule has 2 bridgehead atoms. The highest BCUT2D eigenvalue weighted by molar-refractivity contribution is 6.12. The number of aromatic nitrogens is 2. The second-order valence-electron chi connectivity index (χ2n) is 7.51. The van der Waals surface area contributed by atoms with Gasteiger partial charge in [0.05, 0.1) is 30.0 Å². The highest BCUT2D eigenvalue weighted by Gasteiger charge is 2.42. The van der Waals surface area contributed by atoms with Gasteiger partial charge in [-0.05, 0) is 38.5 Å². The smallest absolute Gasteiger partial charge is 0.120 e. The van der Waals surface area contributed by atoms with E-state index in [-0.39, 0.29) is 12.3 Å². The summed E-state index contributed by atoms with van der Waals surface area (Å²) in [5.41, 5.74) is 2.86. The number of ether oxygens (including phenoxy) is 2. The van der Waals surface area contributed by atoms with Gasteiger partial charge in [-0.2, -0.15) is 5.10 Å². The number of fused-ring (bicyclic) bond motifs is 3. The second kappa shape index (κ2) is 6.17. The standard InChI is InChI=1S/C19H23N5O2/c1-11(2)26-13-3-4-16-15(6-13)19(23-22-16)17-7-18(21-10-20-17)24-8-14-5-12(24)9-25-14/h3-4,6,10-12,14,18H,5,7-9H2,1-2H3,(H,22,23)/t12?,14-,18?/m0/s1. The largest absolute Gasteiger partial charge is 0.491 e. The minimum atomic E-state index is 0.128. The maximum Gasteiger partial charge on any atom is 0.120 e. The van der Waals surface area contributed by atoms with Crippen molar-refractivity contribution in [3.8, 4) is 5.75 Å². The Bertz CT molecular complexity index is 887. The predicted molar refractivity (Wildman–Crippen MR) is 100 cm³/mol. The zero-order chi connectivity index (χ0) is 17.7.